The van der Waals surface area contributed by atoms with E-state index in [9.17, 15) is 4.79 Å². The SMILES string of the molecule is CC(C)(CCN)CCC(=O)c1cccc(OC2CC2)c1. The van der Waals surface area contributed by atoms with Gasteiger partial charge in [-0.25, -0.2) is 0 Å². The zero-order chi connectivity index (χ0) is 14.6. The Labute approximate surface area is 121 Å². The lowest BCUT2D eigenvalue weighted by molar-refractivity contribution is 0.0961. The fourth-order valence-electron chi connectivity index (χ4n) is 2.23. The summed E-state index contributed by atoms with van der Waals surface area (Å²) in [6, 6.07) is 7.57. The smallest absolute Gasteiger partial charge is 0.163 e. The fourth-order valence-corrected chi connectivity index (χ4v) is 2.23. The first kappa shape index (κ1) is 15.0. The standard InChI is InChI=1S/C17H25NO2/c1-17(2,10-11-18)9-8-16(19)13-4-3-5-15(12-13)20-14-6-7-14/h3-5,12,14H,6-11,18H2,1-2H3. The number of nitrogens with two attached hydrogens (primary N) is 1. The van der Waals surface area contributed by atoms with Crippen LogP contribution in [0.15, 0.2) is 24.3 Å². The highest BCUT2D eigenvalue weighted by Gasteiger charge is 2.24. The van der Waals surface area contributed by atoms with E-state index in [2.05, 4.69) is 13.8 Å². The van der Waals surface area contributed by atoms with Gasteiger partial charge in [-0.2, -0.15) is 0 Å². The van der Waals surface area contributed by atoms with Gasteiger partial charge < -0.3 is 10.5 Å². The number of hydrogen-bond acceptors (Lipinski definition) is 3. The van der Waals surface area contributed by atoms with Crippen molar-refractivity contribution in [1.82, 2.24) is 0 Å². The summed E-state index contributed by atoms with van der Waals surface area (Å²) in [5.74, 6) is 1.01. The topological polar surface area (TPSA) is 52.3 Å². The fraction of sp³-hybridized carbons (Fsp3) is 0.588. The van der Waals surface area contributed by atoms with E-state index < -0.39 is 0 Å². The molecule has 1 aromatic carbocycles. The van der Waals surface area contributed by atoms with Crippen LogP contribution in [-0.4, -0.2) is 18.4 Å². The summed E-state index contributed by atoms with van der Waals surface area (Å²) in [6.07, 6.45) is 5.02. The van der Waals surface area contributed by atoms with Crippen molar-refractivity contribution in [2.75, 3.05) is 6.54 Å². The van der Waals surface area contributed by atoms with E-state index in [0.717, 1.165) is 37.0 Å². The maximum atomic E-state index is 12.3. The van der Waals surface area contributed by atoms with Crippen molar-refractivity contribution >= 4 is 5.78 Å². The number of rotatable bonds is 8. The van der Waals surface area contributed by atoms with Gasteiger partial charge in [0, 0.05) is 12.0 Å². The van der Waals surface area contributed by atoms with Gasteiger partial charge in [-0.3, -0.25) is 4.79 Å². The lowest BCUT2D eigenvalue weighted by Crippen LogP contribution is -2.18. The second kappa shape index (κ2) is 6.40. The third-order valence-electron chi connectivity index (χ3n) is 3.83. The van der Waals surface area contributed by atoms with Gasteiger partial charge in [-0.1, -0.05) is 26.0 Å². The molecule has 0 bridgehead atoms. The number of Topliss-reactive ketones (excluding diaryl/α,β-unsaturated/α-hetero) is 1. The molecule has 0 radical (unpaired) electrons. The van der Waals surface area contributed by atoms with Gasteiger partial charge in [-0.15, -0.1) is 0 Å². The van der Waals surface area contributed by atoms with Crippen molar-refractivity contribution in [3.05, 3.63) is 29.8 Å². The molecule has 0 aliphatic heterocycles. The molecule has 0 atom stereocenters. The minimum absolute atomic E-state index is 0.131. The first-order chi connectivity index (χ1) is 9.50. The highest BCUT2D eigenvalue weighted by Crippen LogP contribution is 2.29. The third-order valence-corrected chi connectivity index (χ3v) is 3.83. The highest BCUT2D eigenvalue weighted by atomic mass is 16.5. The van der Waals surface area contributed by atoms with Gasteiger partial charge in [0.1, 0.15) is 5.75 Å². The number of hydrogen-bond donors (Lipinski definition) is 1. The molecule has 20 heavy (non-hydrogen) atoms. The van der Waals surface area contributed by atoms with Gasteiger partial charge in [0.15, 0.2) is 5.78 Å². The van der Waals surface area contributed by atoms with Crippen LogP contribution < -0.4 is 10.5 Å². The molecule has 0 amide bonds. The normalized spacial score (nSPS) is 15.2. The Morgan fingerprint density at radius 1 is 1.35 bits per heavy atom. The second-order valence-corrected chi connectivity index (χ2v) is 6.47. The molecule has 0 aromatic heterocycles. The predicted octanol–water partition coefficient (Wildman–Crippen LogP) is 3.57. The van der Waals surface area contributed by atoms with Crippen LogP contribution in [0.4, 0.5) is 0 Å². The zero-order valence-electron chi connectivity index (χ0n) is 12.5. The molecule has 1 aromatic rings. The summed E-state index contributed by atoms with van der Waals surface area (Å²) in [7, 11) is 0. The first-order valence-electron chi connectivity index (χ1n) is 7.50. The number of benzene rings is 1. The van der Waals surface area contributed by atoms with E-state index in [4.69, 9.17) is 10.5 Å². The molecule has 0 unspecified atom stereocenters. The molecule has 0 saturated heterocycles. The monoisotopic (exact) mass is 275 g/mol. The van der Waals surface area contributed by atoms with E-state index in [-0.39, 0.29) is 11.2 Å². The zero-order valence-corrected chi connectivity index (χ0v) is 12.5. The molecular formula is C17H25NO2. The van der Waals surface area contributed by atoms with E-state index in [1.807, 2.05) is 24.3 Å². The minimum Gasteiger partial charge on any atom is -0.490 e. The predicted molar refractivity (Wildman–Crippen MR) is 81.1 cm³/mol. The largest absolute Gasteiger partial charge is 0.490 e. The summed E-state index contributed by atoms with van der Waals surface area (Å²) in [5, 5.41) is 0. The average Bonchev–Trinajstić information content (AvgIpc) is 3.20. The molecule has 3 nitrogen and oxygen atoms in total. The van der Waals surface area contributed by atoms with Gasteiger partial charge in [-0.05, 0) is 49.8 Å². The summed E-state index contributed by atoms with van der Waals surface area (Å²) in [6.45, 7) is 5.01. The Hall–Kier alpha value is -1.35. The molecule has 1 aliphatic carbocycles. The number of ketones is 1. The van der Waals surface area contributed by atoms with Crippen molar-refractivity contribution < 1.29 is 9.53 Å². The van der Waals surface area contributed by atoms with Crippen LogP contribution in [0.2, 0.25) is 0 Å². The molecule has 2 rings (SSSR count). The Balaban J connectivity index is 1.91. The average molecular weight is 275 g/mol. The molecule has 1 saturated carbocycles. The van der Waals surface area contributed by atoms with Crippen LogP contribution in [0.25, 0.3) is 0 Å². The van der Waals surface area contributed by atoms with Crippen LogP contribution in [0, 0.1) is 5.41 Å². The maximum Gasteiger partial charge on any atom is 0.163 e. The van der Waals surface area contributed by atoms with Crippen molar-refractivity contribution in [2.45, 2.75) is 52.1 Å². The lowest BCUT2D eigenvalue weighted by atomic mass is 9.83. The summed E-state index contributed by atoms with van der Waals surface area (Å²) < 4.78 is 5.73. The third kappa shape index (κ3) is 4.64. The molecule has 1 fully saturated rings. The maximum absolute atomic E-state index is 12.3. The molecular weight excluding hydrogens is 250 g/mol. The molecule has 2 N–H and O–H groups in total. The molecule has 110 valence electrons. The van der Waals surface area contributed by atoms with E-state index >= 15 is 0 Å². The quantitative estimate of drug-likeness (QED) is 0.738. The summed E-state index contributed by atoms with van der Waals surface area (Å²) in [4.78, 5) is 12.3. The Morgan fingerprint density at radius 2 is 2.10 bits per heavy atom. The van der Waals surface area contributed by atoms with Gasteiger partial charge in [0.25, 0.3) is 0 Å². The van der Waals surface area contributed by atoms with Crippen LogP contribution in [0.3, 0.4) is 0 Å². The van der Waals surface area contributed by atoms with Gasteiger partial charge in [0.05, 0.1) is 6.10 Å². The Kier molecular flexibility index (Phi) is 4.81. The summed E-state index contributed by atoms with van der Waals surface area (Å²) in [5.41, 5.74) is 6.49. The second-order valence-electron chi connectivity index (χ2n) is 6.47. The number of carbonyl (C=O) groups excluding carboxylic acids is 1. The Bertz CT molecular complexity index is 464. The lowest BCUT2D eigenvalue weighted by Gasteiger charge is -2.23. The molecule has 3 heteroatoms. The molecule has 0 heterocycles. The summed E-state index contributed by atoms with van der Waals surface area (Å²) >= 11 is 0. The number of carbonyl (C=O) groups is 1. The van der Waals surface area contributed by atoms with Crippen LogP contribution in [0.1, 0.15) is 56.3 Å². The highest BCUT2D eigenvalue weighted by molar-refractivity contribution is 5.96. The number of ether oxygens (including phenoxy) is 1. The van der Waals surface area contributed by atoms with Gasteiger partial charge in [0.2, 0.25) is 0 Å². The minimum atomic E-state index is 0.131. The Morgan fingerprint density at radius 3 is 2.75 bits per heavy atom. The van der Waals surface area contributed by atoms with E-state index in [1.165, 1.54) is 0 Å². The van der Waals surface area contributed by atoms with Crippen molar-refractivity contribution in [3.8, 4) is 5.75 Å². The van der Waals surface area contributed by atoms with E-state index in [1.54, 1.807) is 0 Å². The van der Waals surface area contributed by atoms with Crippen LogP contribution in [-0.2, 0) is 0 Å². The van der Waals surface area contributed by atoms with E-state index in [0.29, 0.717) is 19.1 Å². The molecule has 1 aliphatic rings. The van der Waals surface area contributed by atoms with Crippen molar-refractivity contribution in [2.24, 2.45) is 11.1 Å². The van der Waals surface area contributed by atoms with Crippen molar-refractivity contribution in [3.63, 3.8) is 0 Å². The van der Waals surface area contributed by atoms with Crippen LogP contribution >= 0.6 is 0 Å². The van der Waals surface area contributed by atoms with Gasteiger partial charge >= 0.3 is 0 Å². The van der Waals surface area contributed by atoms with Crippen molar-refractivity contribution in [1.29, 1.82) is 0 Å². The molecule has 0 spiro atoms. The van der Waals surface area contributed by atoms with Crippen LogP contribution in [0.5, 0.6) is 5.75 Å². The first-order valence-corrected chi connectivity index (χ1v) is 7.50.